The van der Waals surface area contributed by atoms with Crippen LogP contribution in [0.3, 0.4) is 0 Å². The Morgan fingerprint density at radius 1 is 0.375 bits per heavy atom. The van der Waals surface area contributed by atoms with Crippen molar-refractivity contribution in [3.8, 4) is 79.3 Å². The van der Waals surface area contributed by atoms with Crippen molar-refractivity contribution in [2.75, 3.05) is 0 Å². The molecule has 298 valence electrons. The van der Waals surface area contributed by atoms with Crippen LogP contribution in [0.25, 0.3) is 115 Å². The van der Waals surface area contributed by atoms with E-state index in [1.54, 1.807) is 0 Å². The van der Waals surface area contributed by atoms with Crippen molar-refractivity contribution in [2.45, 2.75) is 0 Å². The third kappa shape index (κ3) is 6.51. The summed E-state index contributed by atoms with van der Waals surface area (Å²) < 4.78 is 4.94. The minimum Gasteiger partial charge on any atom is -0.309 e. The highest BCUT2D eigenvalue weighted by Crippen LogP contribution is 2.42. The Hall–Kier alpha value is -8.50. The van der Waals surface area contributed by atoms with Gasteiger partial charge in [0.1, 0.15) is 0 Å². The molecule has 0 fully saturated rings. The average molecular weight is 834 g/mol. The summed E-state index contributed by atoms with van der Waals surface area (Å²) >= 11 is 1.85. The van der Waals surface area contributed by atoms with Crippen molar-refractivity contribution in [3.63, 3.8) is 0 Å². The molecule has 6 heteroatoms. The first kappa shape index (κ1) is 37.3. The second-order valence-electron chi connectivity index (χ2n) is 15.9. The molecule has 0 atom stereocenters. The Bertz CT molecular complexity index is 3790. The third-order valence-corrected chi connectivity index (χ3v) is 13.3. The summed E-state index contributed by atoms with van der Waals surface area (Å²) in [5.41, 5.74) is 12.9. The summed E-state index contributed by atoms with van der Waals surface area (Å²) in [6, 6.07) is 76.3. The van der Waals surface area contributed by atoms with Crippen LogP contribution < -0.4 is 0 Å². The first-order valence-electron chi connectivity index (χ1n) is 21.2. The van der Waals surface area contributed by atoms with Gasteiger partial charge in [-0.2, -0.15) is 5.26 Å². The maximum Gasteiger partial charge on any atom is 0.164 e. The third-order valence-electron chi connectivity index (χ3n) is 12.1. The van der Waals surface area contributed by atoms with E-state index in [4.69, 9.17) is 15.0 Å². The molecule has 0 saturated carbocycles. The summed E-state index contributed by atoms with van der Waals surface area (Å²) in [5, 5.41) is 14.6. The molecule has 64 heavy (non-hydrogen) atoms. The maximum atomic E-state index is 9.71. The van der Waals surface area contributed by atoms with Crippen molar-refractivity contribution < 1.29 is 0 Å². The predicted octanol–water partition coefficient (Wildman–Crippen LogP) is 15.2. The fraction of sp³-hybridized carbons (Fsp3) is 0. The lowest BCUT2D eigenvalue weighted by atomic mass is 9.99. The van der Waals surface area contributed by atoms with Crippen LogP contribution in [0.1, 0.15) is 5.56 Å². The van der Waals surface area contributed by atoms with Crippen molar-refractivity contribution in [2.24, 2.45) is 0 Å². The predicted molar refractivity (Wildman–Crippen MR) is 264 cm³/mol. The Kier molecular flexibility index (Phi) is 9.00. The number of nitrogens with zero attached hydrogens (tertiary/aromatic N) is 5. The van der Waals surface area contributed by atoms with Crippen LogP contribution >= 0.6 is 11.3 Å². The second-order valence-corrected chi connectivity index (χ2v) is 17.0. The van der Waals surface area contributed by atoms with E-state index in [-0.39, 0.29) is 0 Å². The fourth-order valence-corrected chi connectivity index (χ4v) is 10.2. The molecule has 12 aromatic rings. The zero-order valence-corrected chi connectivity index (χ0v) is 35.2. The van der Waals surface area contributed by atoms with E-state index in [9.17, 15) is 5.26 Å². The lowest BCUT2D eigenvalue weighted by Crippen LogP contribution is -2.02. The molecule has 12 rings (SSSR count). The molecule has 0 radical (unpaired) electrons. The van der Waals surface area contributed by atoms with E-state index in [2.05, 4.69) is 162 Å². The Morgan fingerprint density at radius 3 is 1.73 bits per heavy atom. The second kappa shape index (κ2) is 15.4. The summed E-state index contributed by atoms with van der Waals surface area (Å²) in [6.45, 7) is 0. The zero-order chi connectivity index (χ0) is 42.6. The molecule has 0 amide bonds. The molecule has 0 aliphatic heterocycles. The van der Waals surface area contributed by atoms with Crippen molar-refractivity contribution in [1.29, 1.82) is 5.26 Å². The highest BCUT2D eigenvalue weighted by Gasteiger charge is 2.19. The van der Waals surface area contributed by atoms with Crippen LogP contribution in [-0.2, 0) is 0 Å². The van der Waals surface area contributed by atoms with Crippen LogP contribution in [0.15, 0.2) is 212 Å². The molecule has 0 aliphatic rings. The van der Waals surface area contributed by atoms with E-state index in [1.807, 2.05) is 72.0 Å². The van der Waals surface area contributed by atoms with Gasteiger partial charge in [-0.05, 0) is 88.0 Å². The first-order chi connectivity index (χ1) is 31.6. The average Bonchev–Trinajstić information content (AvgIpc) is 3.92. The fourth-order valence-electron chi connectivity index (χ4n) is 8.98. The Morgan fingerprint density at radius 2 is 0.938 bits per heavy atom. The van der Waals surface area contributed by atoms with Crippen LogP contribution in [0.4, 0.5) is 0 Å². The topological polar surface area (TPSA) is 67.4 Å². The monoisotopic (exact) mass is 833 g/mol. The van der Waals surface area contributed by atoms with Gasteiger partial charge in [-0.1, -0.05) is 158 Å². The van der Waals surface area contributed by atoms with E-state index >= 15 is 0 Å². The van der Waals surface area contributed by atoms with Gasteiger partial charge in [0.2, 0.25) is 0 Å². The molecule has 9 aromatic carbocycles. The minimum atomic E-state index is 0.559. The lowest BCUT2D eigenvalue weighted by Gasteiger charge is -2.15. The largest absolute Gasteiger partial charge is 0.309 e. The highest BCUT2D eigenvalue weighted by atomic mass is 32.1. The number of hydrogen-bond acceptors (Lipinski definition) is 5. The molecule has 0 bridgehead atoms. The molecule has 0 N–H and O–H groups in total. The Labute approximate surface area is 373 Å². The summed E-state index contributed by atoms with van der Waals surface area (Å²) in [6.07, 6.45) is 0. The molecule has 0 aliphatic carbocycles. The van der Waals surface area contributed by atoms with E-state index in [1.165, 1.54) is 36.5 Å². The van der Waals surface area contributed by atoms with Gasteiger partial charge in [0.05, 0.1) is 22.7 Å². The van der Waals surface area contributed by atoms with E-state index < -0.39 is 0 Å². The zero-order valence-electron chi connectivity index (χ0n) is 34.4. The normalized spacial score (nSPS) is 11.4. The highest BCUT2D eigenvalue weighted by molar-refractivity contribution is 7.26. The lowest BCUT2D eigenvalue weighted by molar-refractivity contribution is 1.07. The number of benzene rings is 9. The molecule has 5 nitrogen and oxygen atoms in total. The summed E-state index contributed by atoms with van der Waals surface area (Å²) in [4.78, 5) is 15.6. The number of thiophene rings is 1. The smallest absolute Gasteiger partial charge is 0.164 e. The molecular formula is C58H35N5S. The van der Waals surface area contributed by atoms with Gasteiger partial charge in [0.25, 0.3) is 0 Å². The van der Waals surface area contributed by atoms with Gasteiger partial charge < -0.3 is 4.57 Å². The molecule has 3 heterocycles. The van der Waals surface area contributed by atoms with Gasteiger partial charge in [0, 0.05) is 53.3 Å². The van der Waals surface area contributed by atoms with Crippen LogP contribution in [0.2, 0.25) is 0 Å². The molecule has 3 aromatic heterocycles. The van der Waals surface area contributed by atoms with Gasteiger partial charge in [-0.15, -0.1) is 11.3 Å². The van der Waals surface area contributed by atoms with E-state index in [0.29, 0.717) is 23.0 Å². The molecule has 0 spiro atoms. The first-order valence-corrected chi connectivity index (χ1v) is 22.0. The van der Waals surface area contributed by atoms with E-state index in [0.717, 1.165) is 61.2 Å². The molecular weight excluding hydrogens is 799 g/mol. The number of rotatable bonds is 7. The number of hydrogen-bond donors (Lipinski definition) is 0. The van der Waals surface area contributed by atoms with Gasteiger partial charge in [-0.25, -0.2) is 15.0 Å². The number of aromatic nitrogens is 4. The van der Waals surface area contributed by atoms with Crippen LogP contribution in [0, 0.1) is 11.3 Å². The molecule has 0 unspecified atom stereocenters. The maximum absolute atomic E-state index is 9.71. The molecule has 0 saturated heterocycles. The summed E-state index contributed by atoms with van der Waals surface area (Å²) in [5.74, 6) is 1.74. The standard InChI is InChI=1S/C58H35N5S/c59-36-37-25-27-39(28-26-37)44-32-45(58-61-56(40-15-5-2-6-16-40)60-57(62-58)43-18-11-17-41(31-43)38-13-3-1-4-14-38)34-46(33-44)63-52-23-9-7-19-48(52)49-30-29-42(35-53(49)63)47-21-12-22-51-50-20-8-10-24-54(50)64-55(47)51/h1-35H. The van der Waals surface area contributed by atoms with Gasteiger partial charge in [0.15, 0.2) is 17.5 Å². The van der Waals surface area contributed by atoms with Crippen molar-refractivity contribution >= 4 is 53.3 Å². The quantitative estimate of drug-likeness (QED) is 0.160. The number of fused-ring (bicyclic) bond motifs is 6. The van der Waals surface area contributed by atoms with Crippen molar-refractivity contribution in [3.05, 3.63) is 218 Å². The number of nitriles is 1. The SMILES string of the molecule is N#Cc1ccc(-c2cc(-c3nc(-c4ccccc4)nc(-c4cccc(-c5ccccc5)c4)n3)cc(-n3c4ccccc4c4ccc(-c5cccc6c5sc5ccccc56)cc43)c2)cc1. The van der Waals surface area contributed by atoms with Gasteiger partial charge in [-0.3, -0.25) is 0 Å². The van der Waals surface area contributed by atoms with Crippen LogP contribution in [-0.4, -0.2) is 19.5 Å². The summed E-state index contributed by atoms with van der Waals surface area (Å²) in [7, 11) is 0. The minimum absolute atomic E-state index is 0.559. The number of para-hydroxylation sites is 1. The van der Waals surface area contributed by atoms with Crippen LogP contribution in [0.5, 0.6) is 0 Å². The van der Waals surface area contributed by atoms with Gasteiger partial charge >= 0.3 is 0 Å². The Balaban J connectivity index is 1.10. The van der Waals surface area contributed by atoms with Crippen molar-refractivity contribution in [1.82, 2.24) is 19.5 Å².